The summed E-state index contributed by atoms with van der Waals surface area (Å²) in [7, 11) is 3.09. The van der Waals surface area contributed by atoms with Crippen molar-refractivity contribution in [3.8, 4) is 5.75 Å². The molecule has 0 bridgehead atoms. The van der Waals surface area contributed by atoms with Crippen LogP contribution in [0.1, 0.15) is 43.5 Å². The summed E-state index contributed by atoms with van der Waals surface area (Å²) >= 11 is 0. The Morgan fingerprint density at radius 1 is 1.30 bits per heavy atom. The van der Waals surface area contributed by atoms with E-state index in [1.165, 1.54) is 7.11 Å². The molecule has 0 aliphatic carbocycles. The third-order valence-electron chi connectivity index (χ3n) is 5.31. The molecule has 9 nitrogen and oxygen atoms in total. The average molecular weight is 419 g/mol. The van der Waals surface area contributed by atoms with Crippen molar-refractivity contribution in [3.05, 3.63) is 23.8 Å². The van der Waals surface area contributed by atoms with Crippen molar-refractivity contribution in [2.24, 2.45) is 0 Å². The maximum atomic E-state index is 13.2. The van der Waals surface area contributed by atoms with Gasteiger partial charge in [-0.25, -0.2) is 4.79 Å². The first-order valence-electron chi connectivity index (χ1n) is 10.1. The molecule has 1 saturated heterocycles. The lowest BCUT2D eigenvalue weighted by Crippen LogP contribution is -2.53. The summed E-state index contributed by atoms with van der Waals surface area (Å²) in [6.45, 7) is 3.99. The molecule has 2 N–H and O–H groups in total. The van der Waals surface area contributed by atoms with Gasteiger partial charge in [-0.05, 0) is 44.9 Å². The summed E-state index contributed by atoms with van der Waals surface area (Å²) in [5.41, 5.74) is 0.891. The van der Waals surface area contributed by atoms with Crippen LogP contribution < -0.4 is 15.4 Å². The predicted octanol–water partition coefficient (Wildman–Crippen LogP) is 2.16. The number of urea groups is 1. The summed E-state index contributed by atoms with van der Waals surface area (Å²) < 4.78 is 16.7. The van der Waals surface area contributed by atoms with E-state index < -0.39 is 0 Å². The van der Waals surface area contributed by atoms with Gasteiger partial charge < -0.3 is 29.7 Å². The molecule has 0 unspecified atom stereocenters. The first-order valence-corrected chi connectivity index (χ1v) is 10.1. The minimum Gasteiger partial charge on any atom is -0.490 e. The van der Waals surface area contributed by atoms with Gasteiger partial charge in [0.05, 0.1) is 31.2 Å². The van der Waals surface area contributed by atoms with Crippen molar-refractivity contribution in [3.63, 3.8) is 0 Å². The Morgan fingerprint density at radius 2 is 2.07 bits per heavy atom. The lowest BCUT2D eigenvalue weighted by molar-refractivity contribution is -0.151. The van der Waals surface area contributed by atoms with Gasteiger partial charge in [-0.2, -0.15) is 0 Å². The molecule has 1 aromatic rings. The van der Waals surface area contributed by atoms with Crippen LogP contribution >= 0.6 is 0 Å². The molecule has 2 aliphatic rings. The Balaban J connectivity index is 1.76. The maximum absolute atomic E-state index is 13.2. The zero-order valence-electron chi connectivity index (χ0n) is 17.8. The first-order chi connectivity index (χ1) is 14.3. The zero-order valence-corrected chi connectivity index (χ0v) is 17.8. The highest BCUT2D eigenvalue weighted by molar-refractivity contribution is 5.99. The fourth-order valence-corrected chi connectivity index (χ4v) is 3.80. The second kappa shape index (κ2) is 9.34. The number of methoxy groups -OCH3 is 1. The van der Waals surface area contributed by atoms with Gasteiger partial charge in [0.1, 0.15) is 18.5 Å². The van der Waals surface area contributed by atoms with Gasteiger partial charge in [0.15, 0.2) is 0 Å². The molecule has 2 aliphatic heterocycles. The number of anilines is 1. The van der Waals surface area contributed by atoms with E-state index in [-0.39, 0.29) is 55.2 Å². The van der Waals surface area contributed by atoms with Gasteiger partial charge in [-0.15, -0.1) is 0 Å². The second-order valence-corrected chi connectivity index (χ2v) is 7.91. The molecule has 3 amide bonds. The van der Waals surface area contributed by atoms with E-state index in [0.29, 0.717) is 29.8 Å². The fraction of sp³-hybridized carbons (Fsp3) is 0.571. The topological polar surface area (TPSA) is 106 Å². The number of amides is 3. The third kappa shape index (κ3) is 5.02. The van der Waals surface area contributed by atoms with Gasteiger partial charge in [0.25, 0.3) is 5.91 Å². The second-order valence-electron chi connectivity index (χ2n) is 7.91. The number of carbonyl (C=O) groups is 3. The molecule has 30 heavy (non-hydrogen) atoms. The number of fused-ring (bicyclic) bond motifs is 2. The van der Waals surface area contributed by atoms with E-state index >= 15 is 0 Å². The van der Waals surface area contributed by atoms with Crippen molar-refractivity contribution in [2.45, 2.75) is 57.4 Å². The third-order valence-corrected chi connectivity index (χ3v) is 5.31. The lowest BCUT2D eigenvalue weighted by Gasteiger charge is -2.42. The number of hydrogen-bond acceptors (Lipinski definition) is 6. The number of benzene rings is 1. The summed E-state index contributed by atoms with van der Waals surface area (Å²) in [5, 5.41) is 5.48. The molecule has 3 rings (SSSR count). The van der Waals surface area contributed by atoms with Crippen molar-refractivity contribution < 1.29 is 28.6 Å². The quantitative estimate of drug-likeness (QED) is 0.725. The van der Waals surface area contributed by atoms with E-state index in [9.17, 15) is 14.4 Å². The Bertz CT molecular complexity index is 812. The molecule has 1 aromatic carbocycles. The zero-order chi connectivity index (χ0) is 21.8. The maximum Gasteiger partial charge on any atom is 0.319 e. The first kappa shape index (κ1) is 21.9. The number of rotatable bonds is 4. The van der Waals surface area contributed by atoms with Crippen LogP contribution in [0.2, 0.25) is 0 Å². The van der Waals surface area contributed by atoms with Crippen molar-refractivity contribution in [2.75, 3.05) is 26.1 Å². The Hall–Kier alpha value is -2.81. The van der Waals surface area contributed by atoms with Gasteiger partial charge in [0.2, 0.25) is 0 Å². The Labute approximate surface area is 176 Å². The largest absolute Gasteiger partial charge is 0.490 e. The highest BCUT2D eigenvalue weighted by atomic mass is 16.5. The molecule has 0 saturated carbocycles. The number of likely N-dealkylation sites (N-methyl/N-ethyl adjacent to an activating group) is 1. The fourth-order valence-electron chi connectivity index (χ4n) is 3.80. The van der Waals surface area contributed by atoms with E-state index in [4.69, 9.17) is 14.2 Å². The monoisotopic (exact) mass is 419 g/mol. The number of esters is 1. The summed E-state index contributed by atoms with van der Waals surface area (Å²) in [6, 6.07) is 4.47. The predicted molar refractivity (Wildman–Crippen MR) is 110 cm³/mol. The van der Waals surface area contributed by atoms with Crippen molar-refractivity contribution in [1.29, 1.82) is 0 Å². The lowest BCUT2D eigenvalue weighted by atomic mass is 9.94. The van der Waals surface area contributed by atoms with Crippen molar-refractivity contribution in [1.82, 2.24) is 10.2 Å². The number of ether oxygens (including phenoxy) is 3. The number of nitrogens with zero attached hydrogens (tertiary/aromatic N) is 1. The average Bonchev–Trinajstić information content (AvgIpc) is 2.70. The van der Waals surface area contributed by atoms with Gasteiger partial charge in [-0.3, -0.25) is 9.59 Å². The minimum absolute atomic E-state index is 0.00307. The van der Waals surface area contributed by atoms with Crippen LogP contribution in [0.3, 0.4) is 0 Å². The SMILES string of the molecule is COC(=O)C[C@H]1CC[C@@H]2[C@H](COc3ccc(NC(=O)NC(C)C)cc3C(=O)N2C)O1. The molecule has 0 spiro atoms. The van der Waals surface area contributed by atoms with E-state index in [1.54, 1.807) is 30.1 Å². The Kier molecular flexibility index (Phi) is 6.81. The summed E-state index contributed by atoms with van der Waals surface area (Å²) in [5.74, 6) is -0.0945. The summed E-state index contributed by atoms with van der Waals surface area (Å²) in [6.07, 6.45) is 0.933. The normalized spacial score (nSPS) is 23.4. The van der Waals surface area contributed by atoms with E-state index in [2.05, 4.69) is 10.6 Å². The van der Waals surface area contributed by atoms with Crippen LogP contribution in [0.5, 0.6) is 5.75 Å². The number of hydrogen-bond donors (Lipinski definition) is 2. The van der Waals surface area contributed by atoms with Crippen LogP contribution in [0.4, 0.5) is 10.5 Å². The molecular weight excluding hydrogens is 390 g/mol. The van der Waals surface area contributed by atoms with Gasteiger partial charge in [-0.1, -0.05) is 0 Å². The van der Waals surface area contributed by atoms with Crippen LogP contribution in [0, 0.1) is 0 Å². The molecule has 0 aromatic heterocycles. The van der Waals surface area contributed by atoms with E-state index in [0.717, 1.165) is 0 Å². The van der Waals surface area contributed by atoms with Gasteiger partial charge in [0, 0.05) is 18.8 Å². The van der Waals surface area contributed by atoms with Crippen molar-refractivity contribution >= 4 is 23.6 Å². The van der Waals surface area contributed by atoms with Crippen LogP contribution in [0.25, 0.3) is 0 Å². The standard InChI is InChI=1S/C21H29N3O6/c1-12(2)22-21(27)23-13-5-8-17-15(9-13)20(26)24(3)16-7-6-14(10-19(25)28-4)30-18(16)11-29-17/h5,8-9,12,14,16,18H,6-7,10-11H2,1-4H3,(H2,22,23,27)/t14-,16-,18+/m1/s1. The molecule has 0 radical (unpaired) electrons. The van der Waals surface area contributed by atoms with E-state index in [1.807, 2.05) is 13.8 Å². The smallest absolute Gasteiger partial charge is 0.319 e. The number of carbonyl (C=O) groups excluding carboxylic acids is 3. The van der Waals surface area contributed by atoms with Gasteiger partial charge >= 0.3 is 12.0 Å². The highest BCUT2D eigenvalue weighted by Gasteiger charge is 2.39. The molecule has 3 atom stereocenters. The molecular formula is C21H29N3O6. The molecule has 1 fully saturated rings. The summed E-state index contributed by atoms with van der Waals surface area (Å²) in [4.78, 5) is 38.4. The molecule has 164 valence electrons. The molecule has 2 heterocycles. The number of nitrogens with one attached hydrogen (secondary N) is 2. The van der Waals surface area contributed by atoms with Crippen LogP contribution in [0.15, 0.2) is 18.2 Å². The van der Waals surface area contributed by atoms with Crippen LogP contribution in [-0.4, -0.2) is 67.9 Å². The Morgan fingerprint density at radius 3 is 2.77 bits per heavy atom. The van der Waals surface area contributed by atoms with Crippen LogP contribution in [-0.2, 0) is 14.3 Å². The molecule has 9 heteroatoms. The minimum atomic E-state index is -0.342. The highest BCUT2D eigenvalue weighted by Crippen LogP contribution is 2.32.